The minimum Gasteiger partial charge on any atom is -0.302 e. The van der Waals surface area contributed by atoms with Crippen LogP contribution in [0.4, 0.5) is 5.13 Å². The Hall–Kier alpha value is -1.20. The summed E-state index contributed by atoms with van der Waals surface area (Å²) < 4.78 is 0. The fourth-order valence-electron chi connectivity index (χ4n) is 1.30. The van der Waals surface area contributed by atoms with Gasteiger partial charge in [0.15, 0.2) is 5.13 Å². The average Bonchev–Trinajstić information content (AvgIpc) is 2.85. The molecule has 1 amide bonds. The standard InChI is InChI=1S/C13H16N2OS2/c1-8-5-6-10(18-8)9-7-17-12(14-9)15-11(16)13(2,3)4/h5-7H,1-4H3,(H,14,15,16). The minimum atomic E-state index is -0.397. The smallest absolute Gasteiger partial charge is 0.231 e. The zero-order chi connectivity index (χ0) is 13.3. The summed E-state index contributed by atoms with van der Waals surface area (Å²) in [5.74, 6) is -0.00856. The zero-order valence-corrected chi connectivity index (χ0v) is 12.5. The number of aryl methyl sites for hydroxylation is 1. The van der Waals surface area contributed by atoms with Crippen LogP contribution in [-0.2, 0) is 4.79 Å². The third-order valence-electron chi connectivity index (χ3n) is 2.40. The number of hydrogen-bond acceptors (Lipinski definition) is 4. The predicted molar refractivity (Wildman–Crippen MR) is 78.2 cm³/mol. The van der Waals surface area contributed by atoms with Gasteiger partial charge in [-0.15, -0.1) is 22.7 Å². The Morgan fingerprint density at radius 1 is 1.33 bits per heavy atom. The number of nitrogens with zero attached hydrogens (tertiary/aromatic N) is 1. The van der Waals surface area contributed by atoms with Crippen LogP contribution in [0.1, 0.15) is 25.6 Å². The van der Waals surface area contributed by atoms with E-state index in [1.165, 1.54) is 16.2 Å². The van der Waals surface area contributed by atoms with Gasteiger partial charge in [-0.25, -0.2) is 4.98 Å². The molecule has 2 heterocycles. The van der Waals surface area contributed by atoms with Gasteiger partial charge in [-0.2, -0.15) is 0 Å². The zero-order valence-electron chi connectivity index (χ0n) is 10.9. The molecule has 2 aromatic rings. The Balaban J connectivity index is 2.14. The van der Waals surface area contributed by atoms with Crippen molar-refractivity contribution in [2.24, 2.45) is 5.41 Å². The van der Waals surface area contributed by atoms with Gasteiger partial charge in [-0.1, -0.05) is 20.8 Å². The molecule has 0 aromatic carbocycles. The highest BCUT2D eigenvalue weighted by Gasteiger charge is 2.22. The maximum absolute atomic E-state index is 11.8. The van der Waals surface area contributed by atoms with Crippen molar-refractivity contribution in [3.8, 4) is 10.6 Å². The van der Waals surface area contributed by atoms with Crippen molar-refractivity contribution in [2.45, 2.75) is 27.7 Å². The van der Waals surface area contributed by atoms with E-state index in [0.717, 1.165) is 10.6 Å². The molecule has 0 aliphatic heterocycles. The molecule has 0 aliphatic carbocycles. The summed E-state index contributed by atoms with van der Waals surface area (Å²) in [5, 5.41) is 5.49. The molecule has 0 spiro atoms. The molecule has 0 saturated carbocycles. The lowest BCUT2D eigenvalue weighted by Gasteiger charge is -2.15. The molecule has 0 aliphatic rings. The predicted octanol–water partition coefficient (Wildman–Crippen LogP) is 4.16. The van der Waals surface area contributed by atoms with Crippen molar-refractivity contribution in [1.29, 1.82) is 0 Å². The van der Waals surface area contributed by atoms with E-state index >= 15 is 0 Å². The number of hydrogen-bond donors (Lipinski definition) is 1. The van der Waals surface area contributed by atoms with E-state index in [1.807, 2.05) is 26.2 Å². The SMILES string of the molecule is Cc1ccc(-c2csc(NC(=O)C(C)(C)C)n2)s1. The van der Waals surface area contributed by atoms with Crippen molar-refractivity contribution in [2.75, 3.05) is 5.32 Å². The summed E-state index contributed by atoms with van der Waals surface area (Å²) >= 11 is 3.17. The van der Waals surface area contributed by atoms with Crippen LogP contribution in [0, 0.1) is 12.3 Å². The second kappa shape index (κ2) is 4.82. The van der Waals surface area contributed by atoms with Gasteiger partial charge in [0.1, 0.15) is 0 Å². The second-order valence-electron chi connectivity index (χ2n) is 5.15. The summed E-state index contributed by atoms with van der Waals surface area (Å²) in [5.41, 5.74) is 0.535. The Morgan fingerprint density at radius 3 is 2.61 bits per heavy atom. The largest absolute Gasteiger partial charge is 0.302 e. The Labute approximate surface area is 115 Å². The van der Waals surface area contributed by atoms with Gasteiger partial charge >= 0.3 is 0 Å². The first-order chi connectivity index (χ1) is 8.36. The van der Waals surface area contributed by atoms with Crippen LogP contribution < -0.4 is 5.32 Å². The van der Waals surface area contributed by atoms with Gasteiger partial charge < -0.3 is 5.32 Å². The highest BCUT2D eigenvalue weighted by Crippen LogP contribution is 2.30. The normalized spacial score (nSPS) is 11.6. The van der Waals surface area contributed by atoms with Gasteiger partial charge in [0, 0.05) is 15.7 Å². The third kappa shape index (κ3) is 2.97. The molecule has 5 heteroatoms. The molecular weight excluding hydrogens is 264 g/mol. The van der Waals surface area contributed by atoms with Crippen molar-refractivity contribution < 1.29 is 4.79 Å². The lowest BCUT2D eigenvalue weighted by Crippen LogP contribution is -2.27. The van der Waals surface area contributed by atoms with Gasteiger partial charge in [0.25, 0.3) is 0 Å². The molecule has 3 nitrogen and oxygen atoms in total. The van der Waals surface area contributed by atoms with Gasteiger partial charge in [0.2, 0.25) is 5.91 Å². The van der Waals surface area contributed by atoms with Crippen LogP contribution in [0.3, 0.4) is 0 Å². The fourth-order valence-corrected chi connectivity index (χ4v) is 2.91. The molecule has 0 fully saturated rings. The lowest BCUT2D eigenvalue weighted by molar-refractivity contribution is -0.123. The summed E-state index contributed by atoms with van der Waals surface area (Å²) in [6.45, 7) is 7.74. The van der Waals surface area contributed by atoms with E-state index in [1.54, 1.807) is 11.3 Å². The quantitative estimate of drug-likeness (QED) is 0.897. The van der Waals surface area contributed by atoms with Crippen molar-refractivity contribution in [3.63, 3.8) is 0 Å². The highest BCUT2D eigenvalue weighted by molar-refractivity contribution is 7.17. The summed E-state index contributed by atoms with van der Waals surface area (Å²) in [7, 11) is 0. The van der Waals surface area contributed by atoms with E-state index in [2.05, 4.69) is 29.4 Å². The second-order valence-corrected chi connectivity index (χ2v) is 7.30. The molecule has 0 bridgehead atoms. The number of aromatic nitrogens is 1. The highest BCUT2D eigenvalue weighted by atomic mass is 32.1. The molecule has 96 valence electrons. The Kier molecular flexibility index (Phi) is 3.54. The molecule has 0 saturated heterocycles. The minimum absolute atomic E-state index is 0.00856. The van der Waals surface area contributed by atoms with E-state index in [-0.39, 0.29) is 5.91 Å². The van der Waals surface area contributed by atoms with E-state index in [4.69, 9.17) is 0 Å². The summed E-state index contributed by atoms with van der Waals surface area (Å²) in [6, 6.07) is 4.14. The van der Waals surface area contributed by atoms with Crippen LogP contribution in [0.15, 0.2) is 17.5 Å². The number of thiazole rings is 1. The third-order valence-corrected chi connectivity index (χ3v) is 4.18. The molecule has 1 N–H and O–H groups in total. The monoisotopic (exact) mass is 280 g/mol. The number of amides is 1. The number of thiophene rings is 1. The molecular formula is C13H16N2OS2. The van der Waals surface area contributed by atoms with Crippen LogP contribution >= 0.6 is 22.7 Å². The molecule has 2 rings (SSSR count). The van der Waals surface area contributed by atoms with Crippen molar-refractivity contribution in [1.82, 2.24) is 4.98 Å². The maximum atomic E-state index is 11.8. The van der Waals surface area contributed by atoms with Crippen LogP contribution in [0.25, 0.3) is 10.6 Å². The van der Waals surface area contributed by atoms with E-state index in [0.29, 0.717) is 5.13 Å². The Bertz CT molecular complexity index is 564. The summed E-state index contributed by atoms with van der Waals surface area (Å²) in [4.78, 5) is 18.7. The van der Waals surface area contributed by atoms with Crippen molar-refractivity contribution in [3.05, 3.63) is 22.4 Å². The number of carbonyl (C=O) groups excluding carboxylic acids is 1. The van der Waals surface area contributed by atoms with Crippen LogP contribution in [-0.4, -0.2) is 10.9 Å². The first-order valence-corrected chi connectivity index (χ1v) is 7.39. The number of rotatable bonds is 2. The number of carbonyl (C=O) groups is 1. The molecule has 18 heavy (non-hydrogen) atoms. The Morgan fingerprint density at radius 2 is 2.06 bits per heavy atom. The number of nitrogens with one attached hydrogen (secondary N) is 1. The van der Waals surface area contributed by atoms with Crippen molar-refractivity contribution >= 4 is 33.7 Å². The number of anilines is 1. The van der Waals surface area contributed by atoms with Gasteiger partial charge in [-0.3, -0.25) is 4.79 Å². The molecule has 0 radical (unpaired) electrons. The first-order valence-electron chi connectivity index (χ1n) is 5.70. The topological polar surface area (TPSA) is 42.0 Å². The lowest BCUT2D eigenvalue weighted by atomic mass is 9.96. The molecule has 0 unspecified atom stereocenters. The first kappa shape index (κ1) is 13.2. The average molecular weight is 280 g/mol. The van der Waals surface area contributed by atoms with E-state index < -0.39 is 5.41 Å². The molecule has 0 atom stereocenters. The van der Waals surface area contributed by atoms with Gasteiger partial charge in [-0.05, 0) is 19.1 Å². The van der Waals surface area contributed by atoms with E-state index in [9.17, 15) is 4.79 Å². The maximum Gasteiger partial charge on any atom is 0.231 e. The summed E-state index contributed by atoms with van der Waals surface area (Å²) in [6.07, 6.45) is 0. The molecule has 2 aromatic heterocycles. The van der Waals surface area contributed by atoms with Gasteiger partial charge in [0.05, 0.1) is 10.6 Å². The van der Waals surface area contributed by atoms with Crippen LogP contribution in [0.5, 0.6) is 0 Å². The van der Waals surface area contributed by atoms with Crippen LogP contribution in [0.2, 0.25) is 0 Å². The fraction of sp³-hybridized carbons (Fsp3) is 0.385.